The maximum atomic E-state index is 12.8. The molecule has 5 unspecified atom stereocenters. The lowest BCUT2D eigenvalue weighted by atomic mass is 9.46. The van der Waals surface area contributed by atoms with E-state index >= 15 is 0 Å². The second-order valence-corrected chi connectivity index (χ2v) is 19.3. The van der Waals surface area contributed by atoms with E-state index < -0.39 is 53.8 Å². The molecule has 15 heteroatoms. The molecule has 0 aromatic heterocycles. The Hall–Kier alpha value is -4.40. The maximum absolute atomic E-state index is 12.8. The zero-order chi connectivity index (χ0) is 44.2. The number of carbonyl (C=O) groups excluding carboxylic acids is 6. The zero-order valence-corrected chi connectivity index (χ0v) is 36.7. The first-order chi connectivity index (χ1) is 28.9. The lowest BCUT2D eigenvalue weighted by Crippen LogP contribution is -2.60. The molecule has 1 N–H and O–H groups in total. The number of hydrogen-bond donors (Lipinski definition) is 1. The Morgan fingerprint density at radius 1 is 0.623 bits per heavy atom. The predicted octanol–water partition coefficient (Wildman–Crippen LogP) is 7.75. The van der Waals surface area contributed by atoms with Crippen LogP contribution in [0, 0.1) is 51.2 Å². The summed E-state index contributed by atoms with van der Waals surface area (Å²) in [6.45, 7) is 8.37. The second kappa shape index (κ2) is 16.7. The van der Waals surface area contributed by atoms with E-state index in [1.807, 2.05) is 19.1 Å². The molecule has 8 aliphatic rings. The highest BCUT2D eigenvalue weighted by molar-refractivity contribution is 5.88. The van der Waals surface area contributed by atoms with Crippen LogP contribution in [0.3, 0.4) is 0 Å². The third-order valence-electron chi connectivity index (χ3n) is 16.5. The van der Waals surface area contributed by atoms with Gasteiger partial charge < -0.3 is 43.0 Å². The van der Waals surface area contributed by atoms with Gasteiger partial charge in [0.25, 0.3) is 0 Å². The van der Waals surface area contributed by atoms with Crippen molar-refractivity contribution >= 4 is 36.2 Å². The molecule has 0 saturated heterocycles. The van der Waals surface area contributed by atoms with E-state index in [-0.39, 0.29) is 58.4 Å². The minimum absolute atomic E-state index is 0.0294. The van der Waals surface area contributed by atoms with E-state index in [0.29, 0.717) is 44.3 Å². The van der Waals surface area contributed by atoms with Crippen LogP contribution < -0.4 is 0 Å². The van der Waals surface area contributed by atoms with Gasteiger partial charge in [0, 0.05) is 59.7 Å². The largest absolute Gasteiger partial charge is 0.508 e. The van der Waals surface area contributed by atoms with E-state index in [4.69, 9.17) is 28.4 Å². The predicted molar refractivity (Wildman–Crippen MR) is 215 cm³/mol. The molecule has 5 fully saturated rings. The second-order valence-electron chi connectivity index (χ2n) is 19.3. The monoisotopic (exact) mass is 854 g/mol. The fraction of sp³-hybridized carbons (Fsp3) is 0.739. The Labute approximate surface area is 357 Å². The third kappa shape index (κ3) is 7.64. The fourth-order valence-electron chi connectivity index (χ4n) is 13.3. The van der Waals surface area contributed by atoms with Gasteiger partial charge in [0.1, 0.15) is 36.0 Å². The minimum atomic E-state index is -0.784. The summed E-state index contributed by atoms with van der Waals surface area (Å²) in [5.74, 6) is 0.272. The summed E-state index contributed by atoms with van der Waals surface area (Å²) in [6.07, 6.45) is 8.61. The molecule has 8 rings (SSSR count). The van der Waals surface area contributed by atoms with Gasteiger partial charge >= 0.3 is 24.6 Å². The highest BCUT2D eigenvalue weighted by Crippen LogP contribution is 2.65. The van der Waals surface area contributed by atoms with Gasteiger partial charge in [-0.25, -0.2) is 19.2 Å². The van der Waals surface area contributed by atoms with Gasteiger partial charge in [0.2, 0.25) is 0 Å². The number of ether oxygens (including phenoxy) is 8. The molecule has 336 valence electrons. The first-order valence-electron chi connectivity index (χ1n) is 21.7. The minimum Gasteiger partial charge on any atom is -0.438 e. The molecular formula is C46H62O15. The first kappa shape index (κ1) is 44.6. The van der Waals surface area contributed by atoms with E-state index in [0.717, 1.165) is 49.7 Å². The van der Waals surface area contributed by atoms with Crippen LogP contribution in [-0.4, -0.2) is 100 Å². The average molecular weight is 855 g/mol. The first-order valence-corrected chi connectivity index (χ1v) is 21.7. The number of Topliss-reactive ketones (excluding diaryl/α,β-unsaturated/α-hetero) is 2. The third-order valence-corrected chi connectivity index (χ3v) is 16.5. The van der Waals surface area contributed by atoms with Gasteiger partial charge in [-0.15, -0.1) is 0 Å². The summed E-state index contributed by atoms with van der Waals surface area (Å²) in [5, 5.41) is 11.3. The highest BCUT2D eigenvalue weighted by Gasteiger charge is 2.65. The highest BCUT2D eigenvalue weighted by atomic mass is 16.7. The van der Waals surface area contributed by atoms with Gasteiger partial charge in [-0.05, 0) is 80.8 Å². The van der Waals surface area contributed by atoms with Crippen molar-refractivity contribution in [3.05, 3.63) is 34.9 Å². The van der Waals surface area contributed by atoms with Gasteiger partial charge in [-0.1, -0.05) is 50.5 Å². The van der Waals surface area contributed by atoms with Crippen LogP contribution in [0.1, 0.15) is 105 Å². The van der Waals surface area contributed by atoms with Crippen LogP contribution >= 0.6 is 0 Å². The number of allylic oxidation sites excluding steroid dienone is 1. The molecule has 8 aliphatic carbocycles. The van der Waals surface area contributed by atoms with Crippen molar-refractivity contribution in [3.8, 4) is 0 Å². The average Bonchev–Trinajstić information content (AvgIpc) is 3.70. The van der Waals surface area contributed by atoms with Crippen molar-refractivity contribution in [1.82, 2.24) is 0 Å². The molecule has 61 heavy (non-hydrogen) atoms. The molecule has 0 radical (unpaired) electrons. The SMILES string of the molecule is COC(=O)O[C@H]1CC[C@@]2(C)C(=C[C@H](OC(=O)OC)C3C2=CC[C@]2(C)C(=O)CCC32)C1.COC(=O)O[C@H]1CC[C@@]2(C)C(=C[C@H](OC(=O)OC)C3C2[C@H](O)C[C@]2(C)C(=O)CCC32)C1. The summed E-state index contributed by atoms with van der Waals surface area (Å²) in [5.41, 5.74) is 1.83. The molecule has 14 atom stereocenters. The number of aliphatic hydroxyl groups excluding tert-OH is 1. The van der Waals surface area contributed by atoms with E-state index in [9.17, 15) is 33.9 Å². The summed E-state index contributed by atoms with van der Waals surface area (Å²) in [7, 11) is 5.13. The van der Waals surface area contributed by atoms with Crippen LogP contribution in [0.5, 0.6) is 0 Å². The van der Waals surface area contributed by atoms with Crippen LogP contribution in [0.4, 0.5) is 19.2 Å². The molecule has 0 bridgehead atoms. The molecular weight excluding hydrogens is 792 g/mol. The van der Waals surface area contributed by atoms with Crippen molar-refractivity contribution in [3.63, 3.8) is 0 Å². The van der Waals surface area contributed by atoms with Crippen LogP contribution in [-0.2, 0) is 47.5 Å². The van der Waals surface area contributed by atoms with Gasteiger partial charge in [0.15, 0.2) is 0 Å². The lowest BCUT2D eigenvalue weighted by Gasteiger charge is -2.59. The Balaban J connectivity index is 0.000000184. The van der Waals surface area contributed by atoms with E-state index in [2.05, 4.69) is 36.3 Å². The normalized spacial score (nSPS) is 41.6. The molecule has 0 aliphatic heterocycles. The Kier molecular flexibility index (Phi) is 12.2. The van der Waals surface area contributed by atoms with Crippen LogP contribution in [0.15, 0.2) is 34.9 Å². The number of methoxy groups -OCH3 is 4. The summed E-state index contributed by atoms with van der Waals surface area (Å²) < 4.78 is 41.0. The fourth-order valence-corrected chi connectivity index (χ4v) is 13.3. The number of hydrogen-bond acceptors (Lipinski definition) is 15. The number of carbonyl (C=O) groups is 6. The Morgan fingerprint density at radius 2 is 1.13 bits per heavy atom. The number of aliphatic hydroxyl groups is 1. The van der Waals surface area contributed by atoms with Crippen molar-refractivity contribution < 1.29 is 71.8 Å². The number of ketones is 2. The smallest absolute Gasteiger partial charge is 0.438 e. The van der Waals surface area contributed by atoms with Gasteiger partial charge in [-0.3, -0.25) is 9.59 Å². The molecule has 5 saturated carbocycles. The molecule has 0 aromatic rings. The van der Waals surface area contributed by atoms with Crippen LogP contribution in [0.2, 0.25) is 0 Å². The molecule has 0 spiro atoms. The van der Waals surface area contributed by atoms with Gasteiger partial charge in [0.05, 0.1) is 34.5 Å². The van der Waals surface area contributed by atoms with Gasteiger partial charge in [-0.2, -0.15) is 0 Å². The summed E-state index contributed by atoms with van der Waals surface area (Å²) in [6, 6.07) is 0. The summed E-state index contributed by atoms with van der Waals surface area (Å²) >= 11 is 0. The molecule has 0 aromatic carbocycles. The van der Waals surface area contributed by atoms with E-state index in [1.165, 1.54) is 34.0 Å². The topological polar surface area (TPSA) is 196 Å². The van der Waals surface area contributed by atoms with Crippen molar-refractivity contribution in [2.45, 2.75) is 135 Å². The summed E-state index contributed by atoms with van der Waals surface area (Å²) in [4.78, 5) is 72.8. The van der Waals surface area contributed by atoms with E-state index in [1.54, 1.807) is 0 Å². The van der Waals surface area contributed by atoms with Crippen molar-refractivity contribution in [2.75, 3.05) is 28.4 Å². The van der Waals surface area contributed by atoms with Crippen molar-refractivity contribution in [2.24, 2.45) is 51.2 Å². The van der Waals surface area contributed by atoms with Crippen molar-refractivity contribution in [1.29, 1.82) is 0 Å². The number of rotatable bonds is 4. The van der Waals surface area contributed by atoms with Crippen LogP contribution in [0.25, 0.3) is 0 Å². The molecule has 15 nitrogen and oxygen atoms in total. The lowest BCUT2D eigenvalue weighted by molar-refractivity contribution is -0.159. The zero-order valence-electron chi connectivity index (χ0n) is 36.7. The molecule has 0 heterocycles. The Bertz CT molecular complexity index is 1900. The Morgan fingerprint density at radius 3 is 1.74 bits per heavy atom. The molecule has 0 amide bonds. The maximum Gasteiger partial charge on any atom is 0.508 e. The number of fused-ring (bicyclic) bond motifs is 10. The quantitative estimate of drug-likeness (QED) is 0.164. The standard InChI is InChI=1S/C23H32O8.C23H30O7/c1-22-8-7-13(30-20(26)28-3)9-12(22)10-16(31-21(27)29-4)18-14-5-6-17(25)23(14,2)11-15(24)19(18)22;1-22-9-7-14(29-20(25)27-3)11-13(22)12-17(30-21(26)28-4)19-15-5-6-18(24)23(15,2)10-8-16(19)22/h10,13-16,18-19,24H,5-9,11H2,1-4H3;8,12,14-15,17,19H,5-7,9-11H2,1-4H3/t13-,14?,15+,16-,18?,19?,22-,23-;14-,15?,17-,19?,22-,23-/m00/s1.